The number of hydrogen-bond acceptors (Lipinski definition) is 2. The number of alkyl halides is 1. The zero-order valence-electron chi connectivity index (χ0n) is 11.2. The summed E-state index contributed by atoms with van der Waals surface area (Å²) in [7, 11) is 0. The van der Waals surface area contributed by atoms with Crippen LogP contribution in [0.5, 0.6) is 0 Å². The first-order valence-electron chi connectivity index (χ1n) is 6.63. The van der Waals surface area contributed by atoms with Crippen LogP contribution >= 0.6 is 15.9 Å². The Morgan fingerprint density at radius 3 is 2.65 bits per heavy atom. The van der Waals surface area contributed by atoms with Gasteiger partial charge in [-0.15, -0.1) is 0 Å². The van der Waals surface area contributed by atoms with Crippen molar-refractivity contribution in [2.45, 2.75) is 13.3 Å². The van der Waals surface area contributed by atoms with Crippen LogP contribution in [0.25, 0.3) is 0 Å². The lowest BCUT2D eigenvalue weighted by atomic mass is 10.1. The van der Waals surface area contributed by atoms with E-state index in [1.54, 1.807) is 15.9 Å². The third-order valence-electron chi connectivity index (χ3n) is 3.60. The van der Waals surface area contributed by atoms with E-state index in [1.165, 1.54) is 0 Å². The summed E-state index contributed by atoms with van der Waals surface area (Å²) in [5.41, 5.74) is 2.12. The molecule has 5 heteroatoms. The number of carbonyl (C=O) groups is 2. The van der Waals surface area contributed by atoms with Gasteiger partial charge >= 0.3 is 0 Å². The standard InChI is InChI=1S/C15H15BrN2O2/c1-10(8-16)9-17-11-4-2-3-5-12(11)18-13(15(17)20)6-7-14(18)19/h2-6,10H,7-9H2,1H3. The number of anilines is 2. The molecule has 1 aromatic carbocycles. The number of hydrogen-bond donors (Lipinski definition) is 0. The molecule has 2 aliphatic rings. The summed E-state index contributed by atoms with van der Waals surface area (Å²) in [5.74, 6) is 0.229. The minimum absolute atomic E-state index is 0.0333. The van der Waals surface area contributed by atoms with Gasteiger partial charge in [0.1, 0.15) is 5.70 Å². The smallest absolute Gasteiger partial charge is 0.275 e. The largest absolute Gasteiger partial charge is 0.305 e. The van der Waals surface area contributed by atoms with E-state index in [2.05, 4.69) is 22.9 Å². The molecule has 3 rings (SSSR count). The van der Waals surface area contributed by atoms with Gasteiger partial charge < -0.3 is 4.90 Å². The van der Waals surface area contributed by atoms with E-state index in [0.717, 1.165) is 16.7 Å². The summed E-state index contributed by atoms with van der Waals surface area (Å²) in [4.78, 5) is 27.9. The average Bonchev–Trinajstić information content (AvgIpc) is 2.85. The monoisotopic (exact) mass is 334 g/mol. The molecule has 1 aromatic rings. The second-order valence-corrected chi connectivity index (χ2v) is 5.83. The van der Waals surface area contributed by atoms with Gasteiger partial charge in [-0.1, -0.05) is 35.0 Å². The van der Waals surface area contributed by atoms with Crippen molar-refractivity contribution in [1.82, 2.24) is 0 Å². The van der Waals surface area contributed by atoms with Gasteiger partial charge in [0.2, 0.25) is 5.91 Å². The second kappa shape index (κ2) is 5.05. The van der Waals surface area contributed by atoms with Crippen molar-refractivity contribution in [3.8, 4) is 0 Å². The third-order valence-corrected chi connectivity index (χ3v) is 4.70. The lowest BCUT2D eigenvalue weighted by Gasteiger charge is -2.36. The molecule has 2 aliphatic heterocycles. The average molecular weight is 335 g/mol. The highest BCUT2D eigenvalue weighted by atomic mass is 79.9. The van der Waals surface area contributed by atoms with Gasteiger partial charge in [0, 0.05) is 18.3 Å². The van der Waals surface area contributed by atoms with Crippen molar-refractivity contribution in [2.75, 3.05) is 21.7 Å². The number of nitrogens with zero attached hydrogens (tertiary/aromatic N) is 2. The van der Waals surface area contributed by atoms with Crippen molar-refractivity contribution in [3.63, 3.8) is 0 Å². The Labute approximate surface area is 126 Å². The van der Waals surface area contributed by atoms with Crippen LogP contribution in [0.3, 0.4) is 0 Å². The van der Waals surface area contributed by atoms with Crippen molar-refractivity contribution in [3.05, 3.63) is 36.0 Å². The van der Waals surface area contributed by atoms with Crippen molar-refractivity contribution in [1.29, 1.82) is 0 Å². The predicted octanol–water partition coefficient (Wildman–Crippen LogP) is 2.68. The van der Waals surface area contributed by atoms with E-state index in [0.29, 0.717) is 24.6 Å². The maximum absolute atomic E-state index is 12.6. The number of amides is 2. The molecule has 0 spiro atoms. The molecule has 0 aliphatic carbocycles. The molecule has 20 heavy (non-hydrogen) atoms. The second-order valence-electron chi connectivity index (χ2n) is 5.19. The minimum Gasteiger partial charge on any atom is -0.305 e. The molecular formula is C15H15BrN2O2. The minimum atomic E-state index is -0.0812. The van der Waals surface area contributed by atoms with E-state index in [4.69, 9.17) is 0 Å². The molecule has 0 saturated heterocycles. The molecule has 0 N–H and O–H groups in total. The Kier molecular flexibility index (Phi) is 3.38. The van der Waals surface area contributed by atoms with Gasteiger partial charge in [0.15, 0.2) is 0 Å². The molecule has 0 saturated carbocycles. The lowest BCUT2D eigenvalue weighted by molar-refractivity contribution is -0.119. The molecule has 0 fully saturated rings. The fraction of sp³-hybridized carbons (Fsp3) is 0.333. The van der Waals surface area contributed by atoms with Crippen LogP contribution in [-0.2, 0) is 9.59 Å². The zero-order valence-corrected chi connectivity index (χ0v) is 12.8. The van der Waals surface area contributed by atoms with Crippen LogP contribution in [0.15, 0.2) is 36.0 Å². The number of para-hydroxylation sites is 2. The molecule has 4 nitrogen and oxygen atoms in total. The Bertz CT molecular complexity index is 612. The van der Waals surface area contributed by atoms with Crippen LogP contribution < -0.4 is 9.80 Å². The Balaban J connectivity index is 2.08. The molecule has 1 atom stereocenters. The molecular weight excluding hydrogens is 320 g/mol. The van der Waals surface area contributed by atoms with Gasteiger partial charge in [0.25, 0.3) is 5.91 Å². The zero-order chi connectivity index (χ0) is 14.3. The number of rotatable bonds is 3. The summed E-state index contributed by atoms with van der Waals surface area (Å²) in [6, 6.07) is 7.58. The molecule has 2 amide bonds. The third kappa shape index (κ3) is 1.97. The highest BCUT2D eigenvalue weighted by molar-refractivity contribution is 9.09. The van der Waals surface area contributed by atoms with Crippen molar-refractivity contribution in [2.24, 2.45) is 5.92 Å². The van der Waals surface area contributed by atoms with E-state index in [1.807, 2.05) is 24.3 Å². The first kappa shape index (κ1) is 13.4. The molecule has 2 heterocycles. The summed E-state index contributed by atoms with van der Waals surface area (Å²) in [5, 5.41) is 0.834. The molecule has 104 valence electrons. The number of benzene rings is 1. The topological polar surface area (TPSA) is 40.6 Å². The molecule has 0 radical (unpaired) electrons. The van der Waals surface area contributed by atoms with Crippen molar-refractivity contribution >= 4 is 39.1 Å². The number of carbonyl (C=O) groups excluding carboxylic acids is 2. The highest BCUT2D eigenvalue weighted by Gasteiger charge is 2.39. The van der Waals surface area contributed by atoms with E-state index >= 15 is 0 Å². The summed E-state index contributed by atoms with van der Waals surface area (Å²) in [6.45, 7) is 2.73. The lowest BCUT2D eigenvalue weighted by Crippen LogP contribution is -2.45. The first-order chi connectivity index (χ1) is 9.63. The Morgan fingerprint density at radius 2 is 1.95 bits per heavy atom. The number of halogens is 1. The normalized spacial score (nSPS) is 18.8. The summed E-state index contributed by atoms with van der Waals surface area (Å²) >= 11 is 3.45. The van der Waals surface area contributed by atoms with Gasteiger partial charge in [-0.3, -0.25) is 14.5 Å². The maximum atomic E-state index is 12.6. The first-order valence-corrected chi connectivity index (χ1v) is 7.75. The van der Waals surface area contributed by atoms with Gasteiger partial charge in [-0.05, 0) is 24.1 Å². The molecule has 0 aromatic heterocycles. The fourth-order valence-electron chi connectivity index (χ4n) is 2.62. The van der Waals surface area contributed by atoms with Gasteiger partial charge in [0.05, 0.1) is 11.4 Å². The van der Waals surface area contributed by atoms with Crippen LogP contribution in [0, 0.1) is 5.92 Å². The van der Waals surface area contributed by atoms with Crippen LogP contribution in [0.1, 0.15) is 13.3 Å². The van der Waals surface area contributed by atoms with Crippen LogP contribution in [0.2, 0.25) is 0 Å². The molecule has 1 unspecified atom stereocenters. The van der Waals surface area contributed by atoms with Gasteiger partial charge in [-0.2, -0.15) is 0 Å². The maximum Gasteiger partial charge on any atom is 0.275 e. The summed E-state index contributed by atoms with van der Waals surface area (Å²) < 4.78 is 0. The van der Waals surface area contributed by atoms with E-state index in [-0.39, 0.29) is 11.8 Å². The Hall–Kier alpha value is -1.62. The SMILES string of the molecule is CC(CBr)CN1C(=O)C2=CCC(=O)N2c2ccccc21. The fourth-order valence-corrected chi connectivity index (χ4v) is 2.82. The van der Waals surface area contributed by atoms with E-state index < -0.39 is 0 Å². The molecule has 0 bridgehead atoms. The summed E-state index contributed by atoms with van der Waals surface area (Å²) in [6.07, 6.45) is 2.03. The van der Waals surface area contributed by atoms with E-state index in [9.17, 15) is 9.59 Å². The quantitative estimate of drug-likeness (QED) is 0.797. The van der Waals surface area contributed by atoms with Crippen LogP contribution in [0.4, 0.5) is 11.4 Å². The predicted molar refractivity (Wildman–Crippen MR) is 81.9 cm³/mol. The highest BCUT2D eigenvalue weighted by Crippen LogP contribution is 2.40. The van der Waals surface area contributed by atoms with Crippen molar-refractivity contribution < 1.29 is 9.59 Å². The van der Waals surface area contributed by atoms with Gasteiger partial charge in [-0.25, -0.2) is 0 Å². The Morgan fingerprint density at radius 1 is 1.25 bits per heavy atom. The van der Waals surface area contributed by atoms with Crippen LogP contribution in [-0.4, -0.2) is 23.7 Å². The number of fused-ring (bicyclic) bond motifs is 3.